The van der Waals surface area contributed by atoms with Crippen molar-refractivity contribution in [3.8, 4) is 0 Å². The standard InChI is InChI=1S/C17H30O/c1-11-6-7-17-9-14(11)16(3,4)15(17)13(10-18-5)8-12(17)2/h11-15H,6-10H2,1-5H3/t11-,12-,13?,14+,15+,17+/m1/s1. The zero-order valence-corrected chi connectivity index (χ0v) is 12.8. The van der Waals surface area contributed by atoms with Crippen LogP contribution in [0.2, 0.25) is 0 Å². The summed E-state index contributed by atoms with van der Waals surface area (Å²) in [5.74, 6) is 4.54. The lowest BCUT2D eigenvalue weighted by Crippen LogP contribution is -2.34. The molecular weight excluding hydrogens is 220 g/mol. The molecule has 1 heteroatoms. The quantitative estimate of drug-likeness (QED) is 0.707. The molecule has 0 aliphatic heterocycles. The van der Waals surface area contributed by atoms with E-state index in [0.29, 0.717) is 10.8 Å². The van der Waals surface area contributed by atoms with E-state index in [9.17, 15) is 0 Å². The van der Waals surface area contributed by atoms with Crippen LogP contribution in [0.15, 0.2) is 0 Å². The molecule has 1 spiro atoms. The summed E-state index contributed by atoms with van der Waals surface area (Å²) in [6, 6.07) is 0. The number of fused-ring (bicyclic) bond motifs is 1. The highest BCUT2D eigenvalue weighted by atomic mass is 16.5. The second kappa shape index (κ2) is 3.98. The maximum absolute atomic E-state index is 5.55. The molecule has 0 aromatic heterocycles. The second-order valence-corrected chi connectivity index (χ2v) is 8.21. The number of ether oxygens (including phenoxy) is 1. The highest BCUT2D eigenvalue weighted by molar-refractivity contribution is 5.15. The Morgan fingerprint density at radius 1 is 1.22 bits per heavy atom. The topological polar surface area (TPSA) is 9.23 Å². The van der Waals surface area contributed by atoms with Crippen LogP contribution in [-0.4, -0.2) is 13.7 Å². The predicted octanol–water partition coefficient (Wildman–Crippen LogP) is 4.37. The van der Waals surface area contributed by atoms with Crippen LogP contribution in [0.1, 0.15) is 53.4 Å². The van der Waals surface area contributed by atoms with Gasteiger partial charge in [-0.15, -0.1) is 0 Å². The number of hydrogen-bond donors (Lipinski definition) is 0. The van der Waals surface area contributed by atoms with Gasteiger partial charge in [0.2, 0.25) is 0 Å². The van der Waals surface area contributed by atoms with E-state index in [1.54, 1.807) is 0 Å². The van der Waals surface area contributed by atoms with E-state index >= 15 is 0 Å². The van der Waals surface area contributed by atoms with Crippen molar-refractivity contribution in [3.63, 3.8) is 0 Å². The van der Waals surface area contributed by atoms with Gasteiger partial charge in [0.05, 0.1) is 0 Å². The average Bonchev–Trinajstić information content (AvgIpc) is 2.67. The predicted molar refractivity (Wildman–Crippen MR) is 75.4 cm³/mol. The molecule has 18 heavy (non-hydrogen) atoms. The molecule has 0 aromatic rings. The molecule has 3 aliphatic carbocycles. The molecule has 0 amide bonds. The Hall–Kier alpha value is -0.0400. The number of methoxy groups -OCH3 is 1. The van der Waals surface area contributed by atoms with Crippen LogP contribution >= 0.6 is 0 Å². The summed E-state index contributed by atoms with van der Waals surface area (Å²) < 4.78 is 5.55. The third-order valence-electron chi connectivity index (χ3n) is 7.22. The van der Waals surface area contributed by atoms with Gasteiger partial charge in [0.15, 0.2) is 0 Å². The van der Waals surface area contributed by atoms with E-state index < -0.39 is 0 Å². The van der Waals surface area contributed by atoms with Crippen molar-refractivity contribution in [2.24, 2.45) is 40.4 Å². The first-order valence-corrected chi connectivity index (χ1v) is 7.92. The van der Waals surface area contributed by atoms with Crippen molar-refractivity contribution < 1.29 is 4.74 Å². The SMILES string of the molecule is COCC1C[C@@H](C)[C@]23CC[C@@H](C)[C@H](C2)C(C)(C)[C@H]13. The summed E-state index contributed by atoms with van der Waals surface area (Å²) in [7, 11) is 1.88. The van der Waals surface area contributed by atoms with E-state index in [2.05, 4.69) is 27.7 Å². The molecule has 1 unspecified atom stereocenters. The molecular formula is C17H30O. The first-order chi connectivity index (χ1) is 8.43. The molecule has 2 bridgehead atoms. The zero-order valence-electron chi connectivity index (χ0n) is 12.8. The van der Waals surface area contributed by atoms with Gasteiger partial charge in [0.1, 0.15) is 0 Å². The zero-order chi connectivity index (χ0) is 13.1. The summed E-state index contributed by atoms with van der Waals surface area (Å²) >= 11 is 0. The smallest absolute Gasteiger partial charge is 0.0493 e. The molecule has 3 aliphatic rings. The third-order valence-corrected chi connectivity index (χ3v) is 7.22. The minimum Gasteiger partial charge on any atom is -0.384 e. The monoisotopic (exact) mass is 250 g/mol. The first-order valence-electron chi connectivity index (χ1n) is 7.92. The maximum Gasteiger partial charge on any atom is 0.0493 e. The summed E-state index contributed by atoms with van der Waals surface area (Å²) in [5.41, 5.74) is 1.20. The van der Waals surface area contributed by atoms with Crippen LogP contribution in [0.3, 0.4) is 0 Å². The molecule has 6 atom stereocenters. The van der Waals surface area contributed by atoms with E-state index in [4.69, 9.17) is 4.74 Å². The molecule has 0 radical (unpaired) electrons. The molecule has 3 fully saturated rings. The van der Waals surface area contributed by atoms with Crippen LogP contribution < -0.4 is 0 Å². The van der Waals surface area contributed by atoms with Crippen LogP contribution in [0.5, 0.6) is 0 Å². The Morgan fingerprint density at radius 3 is 2.61 bits per heavy atom. The van der Waals surface area contributed by atoms with E-state index in [1.165, 1.54) is 25.7 Å². The van der Waals surface area contributed by atoms with Gasteiger partial charge >= 0.3 is 0 Å². The lowest BCUT2D eigenvalue weighted by atomic mass is 9.65. The van der Waals surface area contributed by atoms with Crippen molar-refractivity contribution in [2.45, 2.75) is 53.4 Å². The molecule has 0 heterocycles. The van der Waals surface area contributed by atoms with Crippen molar-refractivity contribution >= 4 is 0 Å². The minimum absolute atomic E-state index is 0.532. The maximum atomic E-state index is 5.55. The van der Waals surface area contributed by atoms with Crippen molar-refractivity contribution in [1.82, 2.24) is 0 Å². The Kier molecular flexibility index (Phi) is 2.86. The summed E-state index contributed by atoms with van der Waals surface area (Å²) in [6.07, 6.45) is 5.87. The van der Waals surface area contributed by atoms with Crippen LogP contribution in [-0.2, 0) is 4.74 Å². The summed E-state index contributed by atoms with van der Waals surface area (Å²) in [5, 5.41) is 0. The molecule has 0 saturated heterocycles. The van der Waals surface area contributed by atoms with Gasteiger partial charge in [-0.3, -0.25) is 0 Å². The third kappa shape index (κ3) is 1.43. The fourth-order valence-corrected chi connectivity index (χ4v) is 6.69. The van der Waals surface area contributed by atoms with Gasteiger partial charge in [0, 0.05) is 13.7 Å². The fourth-order valence-electron chi connectivity index (χ4n) is 6.69. The minimum atomic E-state index is 0.532. The van der Waals surface area contributed by atoms with E-state index in [0.717, 1.165) is 36.2 Å². The van der Waals surface area contributed by atoms with Gasteiger partial charge in [0.25, 0.3) is 0 Å². The van der Waals surface area contributed by atoms with Gasteiger partial charge in [-0.1, -0.05) is 27.7 Å². The number of hydrogen-bond acceptors (Lipinski definition) is 1. The highest BCUT2D eigenvalue weighted by Gasteiger charge is 2.67. The van der Waals surface area contributed by atoms with Gasteiger partial charge in [-0.2, -0.15) is 0 Å². The molecule has 0 aromatic carbocycles. The Morgan fingerprint density at radius 2 is 1.94 bits per heavy atom. The van der Waals surface area contributed by atoms with E-state index in [1.807, 2.05) is 7.11 Å². The van der Waals surface area contributed by atoms with Gasteiger partial charge in [-0.25, -0.2) is 0 Å². The Balaban J connectivity index is 2.00. The molecule has 104 valence electrons. The fraction of sp³-hybridized carbons (Fsp3) is 1.00. The van der Waals surface area contributed by atoms with Crippen molar-refractivity contribution in [2.75, 3.05) is 13.7 Å². The molecule has 1 nitrogen and oxygen atoms in total. The lowest BCUT2D eigenvalue weighted by molar-refractivity contribution is 0.0514. The molecule has 3 rings (SSSR count). The van der Waals surface area contributed by atoms with Crippen LogP contribution in [0.25, 0.3) is 0 Å². The highest BCUT2D eigenvalue weighted by Crippen LogP contribution is 2.73. The Bertz CT molecular complexity index is 335. The lowest BCUT2D eigenvalue weighted by Gasteiger charge is -2.39. The molecule has 0 N–H and O–H groups in total. The number of rotatable bonds is 2. The average molecular weight is 250 g/mol. The van der Waals surface area contributed by atoms with Gasteiger partial charge in [-0.05, 0) is 66.1 Å². The normalized spacial score (nSPS) is 53.5. The van der Waals surface area contributed by atoms with Crippen LogP contribution in [0, 0.1) is 40.4 Å². The summed E-state index contributed by atoms with van der Waals surface area (Å²) in [6.45, 7) is 11.1. The first kappa shape index (κ1) is 13.0. The second-order valence-electron chi connectivity index (χ2n) is 8.21. The van der Waals surface area contributed by atoms with Crippen LogP contribution in [0.4, 0.5) is 0 Å². The largest absolute Gasteiger partial charge is 0.384 e. The van der Waals surface area contributed by atoms with Crippen molar-refractivity contribution in [3.05, 3.63) is 0 Å². The Labute approximate surface area is 113 Å². The molecule has 3 saturated carbocycles. The van der Waals surface area contributed by atoms with Gasteiger partial charge < -0.3 is 4.74 Å². The van der Waals surface area contributed by atoms with E-state index in [-0.39, 0.29) is 0 Å². The summed E-state index contributed by atoms with van der Waals surface area (Å²) in [4.78, 5) is 0. The van der Waals surface area contributed by atoms with Crippen molar-refractivity contribution in [1.29, 1.82) is 0 Å².